The molecule has 1 aliphatic rings. The van der Waals surface area contributed by atoms with Crippen LogP contribution in [0.25, 0.3) is 10.9 Å². The molecule has 2 N–H and O–H groups in total. The van der Waals surface area contributed by atoms with Gasteiger partial charge in [0.2, 0.25) is 0 Å². The maximum absolute atomic E-state index is 13.0. The molecule has 0 aliphatic carbocycles. The summed E-state index contributed by atoms with van der Waals surface area (Å²) >= 11 is 7.72. The zero-order valence-electron chi connectivity index (χ0n) is 15.6. The fraction of sp³-hybridized carbons (Fsp3) is 0.350. The minimum Gasteiger partial charge on any atom is -0.343 e. The lowest BCUT2D eigenvalue weighted by atomic mass is 9.91. The number of hydrogen-bond acceptors (Lipinski definition) is 6. The molecule has 0 amide bonds. The molecule has 2 atom stereocenters. The number of rotatable bonds is 4. The van der Waals surface area contributed by atoms with Gasteiger partial charge in [0.15, 0.2) is 5.56 Å². The Kier molecular flexibility index (Phi) is 5.11. The van der Waals surface area contributed by atoms with E-state index in [1.54, 1.807) is 16.2 Å². The van der Waals surface area contributed by atoms with Crippen molar-refractivity contribution in [2.75, 3.05) is 18.4 Å². The van der Waals surface area contributed by atoms with E-state index in [1.807, 2.05) is 18.2 Å². The van der Waals surface area contributed by atoms with Crippen LogP contribution in [0.5, 0.6) is 0 Å². The lowest BCUT2D eigenvalue weighted by Gasteiger charge is -2.21. The first-order valence-corrected chi connectivity index (χ1v) is 10.3. The summed E-state index contributed by atoms with van der Waals surface area (Å²) in [5.74, 6) is 0.788. The van der Waals surface area contributed by atoms with Crippen molar-refractivity contribution in [3.05, 3.63) is 51.4 Å². The van der Waals surface area contributed by atoms with E-state index in [0.29, 0.717) is 27.5 Å². The van der Waals surface area contributed by atoms with Crippen LogP contribution in [-0.4, -0.2) is 22.0 Å². The Bertz CT molecular complexity index is 1130. The Morgan fingerprint density at radius 1 is 1.39 bits per heavy atom. The third-order valence-corrected chi connectivity index (χ3v) is 6.74. The average Bonchev–Trinajstić information content (AvgIpc) is 3.28. The summed E-state index contributed by atoms with van der Waals surface area (Å²) in [6, 6.07) is 9.48. The number of nitrogens with zero attached hydrogens (tertiary/aromatic N) is 3. The van der Waals surface area contributed by atoms with Crippen molar-refractivity contribution in [3.8, 4) is 6.07 Å². The Labute approximate surface area is 171 Å². The van der Waals surface area contributed by atoms with Crippen LogP contribution in [0, 0.1) is 23.2 Å². The number of pyridine rings is 1. The largest absolute Gasteiger partial charge is 0.343 e. The molecule has 28 heavy (non-hydrogen) atoms. The van der Waals surface area contributed by atoms with Crippen molar-refractivity contribution in [2.24, 2.45) is 11.8 Å². The summed E-state index contributed by atoms with van der Waals surface area (Å²) in [5, 5.41) is 18.1. The van der Waals surface area contributed by atoms with Crippen LogP contribution >= 0.6 is 23.1 Å². The lowest BCUT2D eigenvalue weighted by molar-refractivity contribution is 0.327. The van der Waals surface area contributed by atoms with E-state index in [9.17, 15) is 10.1 Å². The van der Waals surface area contributed by atoms with Gasteiger partial charge in [-0.05, 0) is 47.6 Å². The second-order valence-electron chi connectivity index (χ2n) is 7.29. The van der Waals surface area contributed by atoms with Gasteiger partial charge in [-0.3, -0.25) is 13.7 Å². The summed E-state index contributed by atoms with van der Waals surface area (Å²) in [6.07, 6.45) is 1.72. The van der Waals surface area contributed by atoms with Gasteiger partial charge in [0.05, 0.1) is 22.3 Å². The maximum Gasteiger partial charge on any atom is 0.281 e. The highest BCUT2D eigenvalue weighted by atomic mass is 35.5. The van der Waals surface area contributed by atoms with E-state index >= 15 is 0 Å². The summed E-state index contributed by atoms with van der Waals surface area (Å²) < 4.78 is 1.74. The molecular weight excluding hydrogens is 394 g/mol. The van der Waals surface area contributed by atoms with Crippen LogP contribution in [0.3, 0.4) is 0 Å². The normalized spacial score (nSPS) is 19.2. The Hall–Kier alpha value is -2.40. The average molecular weight is 414 g/mol. The van der Waals surface area contributed by atoms with Crippen LogP contribution in [-0.2, 0) is 0 Å². The standard InChI is InChI=1S/C20H20ClN5OS/c1-11(2)14-9-23-10-17(14)26-20(27)13(8-22)19(28-26)25-18-12-4-3-7-24-16(12)6-5-15(18)21/h3-7,11,14,17,23,25H,9-10H2,1-2H3/t14-,17+/m0/s1. The molecule has 8 heteroatoms. The molecule has 1 aromatic carbocycles. The molecule has 3 heterocycles. The van der Waals surface area contributed by atoms with Crippen molar-refractivity contribution in [3.63, 3.8) is 0 Å². The predicted octanol–water partition coefficient (Wildman–Crippen LogP) is 4.14. The van der Waals surface area contributed by atoms with Gasteiger partial charge in [0.25, 0.3) is 5.56 Å². The van der Waals surface area contributed by atoms with E-state index in [2.05, 4.69) is 35.5 Å². The van der Waals surface area contributed by atoms with E-state index in [0.717, 1.165) is 24.0 Å². The van der Waals surface area contributed by atoms with Gasteiger partial charge in [0, 0.05) is 24.7 Å². The van der Waals surface area contributed by atoms with Gasteiger partial charge in [0.1, 0.15) is 11.1 Å². The van der Waals surface area contributed by atoms with Crippen molar-refractivity contribution in [1.29, 1.82) is 5.26 Å². The molecule has 0 radical (unpaired) electrons. The van der Waals surface area contributed by atoms with E-state index < -0.39 is 0 Å². The van der Waals surface area contributed by atoms with Crippen LogP contribution in [0.4, 0.5) is 10.7 Å². The quantitative estimate of drug-likeness (QED) is 0.671. The number of benzene rings is 1. The van der Waals surface area contributed by atoms with Gasteiger partial charge >= 0.3 is 0 Å². The molecule has 1 aliphatic heterocycles. The second-order valence-corrected chi connectivity index (χ2v) is 8.68. The van der Waals surface area contributed by atoms with Gasteiger partial charge in [-0.1, -0.05) is 25.4 Å². The SMILES string of the molecule is CC(C)[C@@H]1CNC[C@H]1n1sc(Nc2c(Cl)ccc3ncccc23)c(C#N)c1=O. The molecular formula is C20H20ClN5OS. The van der Waals surface area contributed by atoms with Crippen LogP contribution in [0.15, 0.2) is 35.3 Å². The minimum atomic E-state index is -0.246. The molecule has 1 fully saturated rings. The number of anilines is 2. The Balaban J connectivity index is 1.79. The number of aromatic nitrogens is 2. The molecule has 2 aromatic heterocycles. The highest BCUT2D eigenvalue weighted by Crippen LogP contribution is 2.37. The molecule has 0 bridgehead atoms. The predicted molar refractivity (Wildman–Crippen MR) is 114 cm³/mol. The van der Waals surface area contributed by atoms with E-state index in [1.165, 1.54) is 11.5 Å². The lowest BCUT2D eigenvalue weighted by Crippen LogP contribution is -2.28. The topological polar surface area (TPSA) is 82.7 Å². The summed E-state index contributed by atoms with van der Waals surface area (Å²) in [7, 11) is 0. The number of nitrogens with one attached hydrogen (secondary N) is 2. The Morgan fingerprint density at radius 2 is 2.21 bits per heavy atom. The molecule has 0 spiro atoms. The smallest absolute Gasteiger partial charge is 0.281 e. The first-order chi connectivity index (χ1) is 13.5. The first kappa shape index (κ1) is 18.9. The first-order valence-electron chi connectivity index (χ1n) is 9.18. The molecule has 3 aromatic rings. The van der Waals surface area contributed by atoms with Gasteiger partial charge in [-0.25, -0.2) is 0 Å². The fourth-order valence-corrected chi connectivity index (χ4v) is 5.10. The maximum atomic E-state index is 13.0. The second kappa shape index (κ2) is 7.55. The van der Waals surface area contributed by atoms with Crippen LogP contribution in [0.2, 0.25) is 5.02 Å². The molecule has 4 rings (SSSR count). The molecule has 144 valence electrons. The summed E-state index contributed by atoms with van der Waals surface area (Å²) in [6.45, 7) is 5.93. The Morgan fingerprint density at radius 3 is 2.96 bits per heavy atom. The summed E-state index contributed by atoms with van der Waals surface area (Å²) in [4.78, 5) is 17.3. The third-order valence-electron chi connectivity index (χ3n) is 5.30. The number of fused-ring (bicyclic) bond motifs is 1. The third kappa shape index (κ3) is 3.18. The molecule has 0 saturated carbocycles. The minimum absolute atomic E-state index is 0.0461. The van der Waals surface area contributed by atoms with Crippen molar-refractivity contribution < 1.29 is 0 Å². The van der Waals surface area contributed by atoms with Crippen molar-refractivity contribution in [2.45, 2.75) is 19.9 Å². The van der Waals surface area contributed by atoms with E-state index in [4.69, 9.17) is 11.6 Å². The fourth-order valence-electron chi connectivity index (χ4n) is 3.78. The number of halogens is 1. The molecule has 0 unspecified atom stereocenters. The molecule has 1 saturated heterocycles. The van der Waals surface area contributed by atoms with Gasteiger partial charge < -0.3 is 10.6 Å². The van der Waals surface area contributed by atoms with E-state index in [-0.39, 0.29) is 17.2 Å². The van der Waals surface area contributed by atoms with Crippen molar-refractivity contribution >= 4 is 44.7 Å². The number of nitriles is 1. The monoisotopic (exact) mass is 413 g/mol. The highest BCUT2D eigenvalue weighted by Gasteiger charge is 2.33. The molecule has 6 nitrogen and oxygen atoms in total. The van der Waals surface area contributed by atoms with Crippen molar-refractivity contribution in [1.82, 2.24) is 14.3 Å². The summed E-state index contributed by atoms with van der Waals surface area (Å²) in [5.41, 5.74) is 1.32. The highest BCUT2D eigenvalue weighted by molar-refractivity contribution is 7.11. The van der Waals surface area contributed by atoms with Gasteiger partial charge in [-0.15, -0.1) is 0 Å². The zero-order valence-corrected chi connectivity index (χ0v) is 17.1. The van der Waals surface area contributed by atoms with Gasteiger partial charge in [-0.2, -0.15) is 5.26 Å². The van der Waals surface area contributed by atoms with Crippen LogP contribution < -0.4 is 16.2 Å². The zero-order chi connectivity index (χ0) is 19.8. The number of hydrogen-bond donors (Lipinski definition) is 2. The van der Waals surface area contributed by atoms with Crippen LogP contribution in [0.1, 0.15) is 25.5 Å².